The zero-order chi connectivity index (χ0) is 16.1. The second kappa shape index (κ2) is 7.34. The van der Waals surface area contributed by atoms with E-state index in [0.717, 1.165) is 32.7 Å². The molecule has 0 aliphatic carbocycles. The molecule has 2 nitrogen and oxygen atoms in total. The number of benzene rings is 3. The number of methoxy groups -OCH3 is 1. The van der Waals surface area contributed by atoms with Crippen LogP contribution in [0.5, 0.6) is 11.5 Å². The monoisotopic (exact) mass is 367 g/mol. The first-order valence-electron chi connectivity index (χ1n) is 7.29. The van der Waals surface area contributed by atoms with E-state index in [9.17, 15) is 0 Å². The van der Waals surface area contributed by atoms with Gasteiger partial charge in [-0.05, 0) is 51.3 Å². The lowest BCUT2D eigenvalue weighted by Gasteiger charge is -2.11. The Kier molecular flexibility index (Phi) is 4.99. The Hall–Kier alpha value is -2.26. The molecule has 0 unspecified atom stereocenters. The third kappa shape index (κ3) is 3.74. The summed E-state index contributed by atoms with van der Waals surface area (Å²) in [6.07, 6.45) is 0. The highest BCUT2D eigenvalue weighted by Gasteiger charge is 2.09. The van der Waals surface area contributed by atoms with E-state index in [-0.39, 0.29) is 0 Å². The third-order valence-corrected chi connectivity index (χ3v) is 4.31. The fraction of sp³-hybridized carbons (Fsp3) is 0.100. The van der Waals surface area contributed by atoms with Crippen molar-refractivity contribution < 1.29 is 9.47 Å². The molecule has 0 N–H and O–H groups in total. The molecule has 115 valence electrons. The van der Waals surface area contributed by atoms with Crippen LogP contribution in [0.3, 0.4) is 0 Å². The minimum Gasteiger partial charge on any atom is -0.496 e. The molecule has 0 aromatic heterocycles. The highest BCUT2D eigenvalue weighted by atomic mass is 79.9. The molecule has 0 saturated carbocycles. The van der Waals surface area contributed by atoms with Crippen molar-refractivity contribution in [3.05, 3.63) is 82.8 Å². The summed E-state index contributed by atoms with van der Waals surface area (Å²) in [6, 6.07) is 25.1. The maximum Gasteiger partial charge on any atom is 0.133 e. The molecule has 0 bridgehead atoms. The van der Waals surface area contributed by atoms with Gasteiger partial charge in [0.25, 0.3) is 0 Å². The first-order chi connectivity index (χ1) is 11.3. The summed E-state index contributed by atoms with van der Waals surface area (Å²) >= 11 is 3.59. The molecule has 0 aliphatic heterocycles. The molecule has 0 amide bonds. The molecule has 3 heteroatoms. The van der Waals surface area contributed by atoms with Crippen molar-refractivity contribution in [3.63, 3.8) is 0 Å². The fourth-order valence-corrected chi connectivity index (χ4v) is 2.95. The Morgan fingerprint density at radius 2 is 1.83 bits per heavy atom. The van der Waals surface area contributed by atoms with E-state index in [0.29, 0.717) is 6.61 Å². The van der Waals surface area contributed by atoms with Gasteiger partial charge in [0, 0.05) is 5.56 Å². The quantitative estimate of drug-likeness (QED) is 0.592. The van der Waals surface area contributed by atoms with Crippen LogP contribution in [0.2, 0.25) is 0 Å². The third-order valence-electron chi connectivity index (χ3n) is 3.49. The largest absolute Gasteiger partial charge is 0.496 e. The molecular formula is C20H16BrO2. The van der Waals surface area contributed by atoms with Gasteiger partial charge >= 0.3 is 0 Å². The zero-order valence-corrected chi connectivity index (χ0v) is 14.3. The summed E-state index contributed by atoms with van der Waals surface area (Å²) in [5.74, 6) is 1.61. The predicted molar refractivity (Wildman–Crippen MR) is 95.7 cm³/mol. The molecule has 0 aliphatic rings. The Bertz CT molecular complexity index is 785. The van der Waals surface area contributed by atoms with E-state index in [1.54, 1.807) is 7.11 Å². The van der Waals surface area contributed by atoms with E-state index in [2.05, 4.69) is 34.1 Å². The average Bonchev–Trinajstić information content (AvgIpc) is 2.61. The van der Waals surface area contributed by atoms with Crippen LogP contribution in [0.25, 0.3) is 11.1 Å². The van der Waals surface area contributed by atoms with Gasteiger partial charge in [-0.3, -0.25) is 0 Å². The van der Waals surface area contributed by atoms with E-state index >= 15 is 0 Å². The SMILES string of the molecule is COc1cccc(-c2[c]ccc(OCc3ccccc3)c2)c1Br. The summed E-state index contributed by atoms with van der Waals surface area (Å²) in [5.41, 5.74) is 3.13. The van der Waals surface area contributed by atoms with Gasteiger partial charge in [0.2, 0.25) is 0 Å². The van der Waals surface area contributed by atoms with E-state index < -0.39 is 0 Å². The van der Waals surface area contributed by atoms with Crippen LogP contribution in [0, 0.1) is 6.07 Å². The maximum atomic E-state index is 5.88. The fourth-order valence-electron chi connectivity index (χ4n) is 2.31. The van der Waals surface area contributed by atoms with Crippen molar-refractivity contribution in [1.82, 2.24) is 0 Å². The lowest BCUT2D eigenvalue weighted by atomic mass is 10.1. The van der Waals surface area contributed by atoms with Gasteiger partial charge in [-0.25, -0.2) is 0 Å². The Balaban J connectivity index is 1.83. The Labute approximate surface area is 144 Å². The van der Waals surface area contributed by atoms with Gasteiger partial charge in [0.1, 0.15) is 18.1 Å². The Morgan fingerprint density at radius 3 is 2.61 bits per heavy atom. The van der Waals surface area contributed by atoms with E-state index in [4.69, 9.17) is 9.47 Å². The van der Waals surface area contributed by atoms with Crippen LogP contribution in [0.4, 0.5) is 0 Å². The van der Waals surface area contributed by atoms with Crippen molar-refractivity contribution in [2.24, 2.45) is 0 Å². The summed E-state index contributed by atoms with van der Waals surface area (Å²) < 4.78 is 12.2. The van der Waals surface area contributed by atoms with Crippen LogP contribution in [-0.4, -0.2) is 7.11 Å². The van der Waals surface area contributed by atoms with Gasteiger partial charge in [-0.1, -0.05) is 48.5 Å². The second-order valence-corrected chi connectivity index (χ2v) is 5.83. The van der Waals surface area contributed by atoms with Crippen molar-refractivity contribution in [2.75, 3.05) is 7.11 Å². The highest BCUT2D eigenvalue weighted by Crippen LogP contribution is 2.36. The van der Waals surface area contributed by atoms with Crippen LogP contribution < -0.4 is 9.47 Å². The summed E-state index contributed by atoms with van der Waals surface area (Å²) in [5, 5.41) is 0. The van der Waals surface area contributed by atoms with E-state index in [1.807, 2.05) is 54.6 Å². The maximum absolute atomic E-state index is 5.88. The molecule has 3 rings (SSSR count). The molecule has 0 saturated heterocycles. The highest BCUT2D eigenvalue weighted by molar-refractivity contribution is 9.10. The van der Waals surface area contributed by atoms with Crippen molar-refractivity contribution in [3.8, 4) is 22.6 Å². The number of ether oxygens (including phenoxy) is 2. The van der Waals surface area contributed by atoms with Gasteiger partial charge in [-0.15, -0.1) is 0 Å². The lowest BCUT2D eigenvalue weighted by molar-refractivity contribution is 0.306. The van der Waals surface area contributed by atoms with Crippen LogP contribution in [-0.2, 0) is 6.61 Å². The van der Waals surface area contributed by atoms with Crippen molar-refractivity contribution >= 4 is 15.9 Å². The molecule has 0 fully saturated rings. The Morgan fingerprint density at radius 1 is 1.00 bits per heavy atom. The van der Waals surface area contributed by atoms with Gasteiger partial charge in [0.05, 0.1) is 11.6 Å². The molecule has 1 radical (unpaired) electrons. The summed E-state index contributed by atoms with van der Waals surface area (Å²) in [7, 11) is 1.66. The van der Waals surface area contributed by atoms with Crippen molar-refractivity contribution in [1.29, 1.82) is 0 Å². The number of rotatable bonds is 5. The minimum absolute atomic E-state index is 0.545. The van der Waals surface area contributed by atoms with Gasteiger partial charge in [0.15, 0.2) is 0 Å². The average molecular weight is 368 g/mol. The van der Waals surface area contributed by atoms with Crippen molar-refractivity contribution in [2.45, 2.75) is 6.61 Å². The minimum atomic E-state index is 0.545. The van der Waals surface area contributed by atoms with E-state index in [1.165, 1.54) is 0 Å². The number of halogens is 1. The van der Waals surface area contributed by atoms with Crippen LogP contribution in [0.1, 0.15) is 5.56 Å². The predicted octanol–water partition coefficient (Wildman–Crippen LogP) is 5.50. The smallest absolute Gasteiger partial charge is 0.133 e. The zero-order valence-electron chi connectivity index (χ0n) is 12.8. The molecule has 0 heterocycles. The second-order valence-electron chi connectivity index (χ2n) is 5.03. The first kappa shape index (κ1) is 15.6. The molecule has 23 heavy (non-hydrogen) atoms. The number of hydrogen-bond donors (Lipinski definition) is 0. The molecule has 3 aromatic carbocycles. The standard InChI is InChI=1S/C20H16BrO2/c1-22-19-12-6-11-18(20(19)21)16-9-5-10-17(13-16)23-14-15-7-3-2-4-8-15/h2-8,10-13H,14H2,1H3. The van der Waals surface area contributed by atoms with Crippen LogP contribution >= 0.6 is 15.9 Å². The molecule has 3 aromatic rings. The first-order valence-corrected chi connectivity index (χ1v) is 8.08. The summed E-state index contributed by atoms with van der Waals surface area (Å²) in [4.78, 5) is 0. The molecule has 0 spiro atoms. The van der Waals surface area contributed by atoms with Gasteiger partial charge < -0.3 is 9.47 Å². The van der Waals surface area contributed by atoms with Crippen LogP contribution in [0.15, 0.2) is 71.2 Å². The van der Waals surface area contributed by atoms with Gasteiger partial charge in [-0.2, -0.15) is 0 Å². The summed E-state index contributed by atoms with van der Waals surface area (Å²) in [6.45, 7) is 0.545. The molecular weight excluding hydrogens is 352 g/mol. The lowest BCUT2D eigenvalue weighted by Crippen LogP contribution is -1.95. The normalized spacial score (nSPS) is 10.3. The number of hydrogen-bond acceptors (Lipinski definition) is 2. The topological polar surface area (TPSA) is 18.5 Å². The molecule has 0 atom stereocenters.